The minimum atomic E-state index is 0.482. The first-order valence-corrected chi connectivity index (χ1v) is 5.39. The number of hydrogen-bond acceptors (Lipinski definition) is 2. The summed E-state index contributed by atoms with van der Waals surface area (Å²) in [5, 5.41) is 7.42. The Labute approximate surface area is 99.8 Å². The van der Waals surface area contributed by atoms with Gasteiger partial charge in [0.1, 0.15) is 5.82 Å². The van der Waals surface area contributed by atoms with Gasteiger partial charge in [-0.3, -0.25) is 5.10 Å². The van der Waals surface area contributed by atoms with Crippen LogP contribution in [0.15, 0.2) is 24.3 Å². The summed E-state index contributed by atoms with van der Waals surface area (Å²) in [5.74, 6) is 0.482. The van der Waals surface area contributed by atoms with Crippen LogP contribution < -0.4 is 5.73 Å². The highest BCUT2D eigenvalue weighted by Crippen LogP contribution is 2.27. The van der Waals surface area contributed by atoms with Gasteiger partial charge >= 0.3 is 0 Å². The van der Waals surface area contributed by atoms with E-state index in [0.29, 0.717) is 10.8 Å². The monoisotopic (exact) mass is 319 g/mol. The van der Waals surface area contributed by atoms with Gasteiger partial charge in [0.05, 0.1) is 5.69 Å². The Kier molecular flexibility index (Phi) is 2.64. The Balaban J connectivity index is 2.55. The Morgan fingerprint density at radius 2 is 2.14 bits per heavy atom. The van der Waals surface area contributed by atoms with Crippen LogP contribution in [0.5, 0.6) is 0 Å². The fraction of sp³-hybridized carbons (Fsp3) is 0. The Morgan fingerprint density at radius 1 is 1.36 bits per heavy atom. The predicted octanol–water partition coefficient (Wildman–Crippen LogP) is 2.92. The number of aromatic nitrogens is 2. The molecule has 0 aliphatic carbocycles. The van der Waals surface area contributed by atoms with Gasteiger partial charge in [0.2, 0.25) is 0 Å². The van der Waals surface area contributed by atoms with Crippen molar-refractivity contribution in [3.63, 3.8) is 0 Å². The zero-order valence-corrected chi connectivity index (χ0v) is 10.0. The largest absolute Gasteiger partial charge is 0.382 e. The number of nitrogens with zero attached hydrogens (tertiary/aromatic N) is 1. The summed E-state index contributed by atoms with van der Waals surface area (Å²) >= 11 is 8.15. The van der Waals surface area contributed by atoms with E-state index in [1.165, 1.54) is 0 Å². The zero-order chi connectivity index (χ0) is 10.1. The van der Waals surface area contributed by atoms with Crippen molar-refractivity contribution in [1.82, 2.24) is 10.2 Å². The summed E-state index contributed by atoms with van der Waals surface area (Å²) < 4.78 is 1.11. The van der Waals surface area contributed by atoms with Crippen molar-refractivity contribution >= 4 is 40.0 Å². The maximum absolute atomic E-state index is 5.90. The number of anilines is 1. The zero-order valence-electron chi connectivity index (χ0n) is 7.09. The molecule has 0 spiro atoms. The summed E-state index contributed by atoms with van der Waals surface area (Å²) in [7, 11) is 0. The summed E-state index contributed by atoms with van der Waals surface area (Å²) in [4.78, 5) is 0. The van der Waals surface area contributed by atoms with E-state index in [0.717, 1.165) is 14.8 Å². The molecular weight excluding hydrogens is 312 g/mol. The first kappa shape index (κ1) is 9.79. The quantitative estimate of drug-likeness (QED) is 0.794. The van der Waals surface area contributed by atoms with Gasteiger partial charge in [-0.15, -0.1) is 0 Å². The van der Waals surface area contributed by atoms with Crippen LogP contribution in [0.2, 0.25) is 5.02 Å². The second-order valence-corrected chi connectivity index (χ2v) is 4.43. The van der Waals surface area contributed by atoms with Gasteiger partial charge in [-0.2, -0.15) is 5.10 Å². The minimum Gasteiger partial charge on any atom is -0.382 e. The molecule has 0 fully saturated rings. The molecule has 0 bridgehead atoms. The van der Waals surface area contributed by atoms with Crippen molar-refractivity contribution in [2.75, 3.05) is 5.73 Å². The molecule has 3 nitrogen and oxygen atoms in total. The van der Waals surface area contributed by atoms with Crippen LogP contribution in [0.4, 0.5) is 5.82 Å². The molecule has 3 N–H and O–H groups in total. The van der Waals surface area contributed by atoms with Crippen LogP contribution in [0.25, 0.3) is 11.3 Å². The van der Waals surface area contributed by atoms with E-state index in [-0.39, 0.29) is 0 Å². The lowest BCUT2D eigenvalue weighted by molar-refractivity contribution is 1.10. The molecule has 0 atom stereocenters. The number of hydrogen-bond donors (Lipinski definition) is 2. The van der Waals surface area contributed by atoms with Gasteiger partial charge in [-0.1, -0.05) is 11.6 Å². The standard InChI is InChI=1S/C9H7ClIN3/c10-5-1-2-7(11)6(3-5)8-4-9(12)14-13-8/h1-4H,(H3,12,13,14). The van der Waals surface area contributed by atoms with E-state index in [9.17, 15) is 0 Å². The van der Waals surface area contributed by atoms with Crippen LogP contribution in [-0.2, 0) is 0 Å². The average Bonchev–Trinajstić information content (AvgIpc) is 2.56. The molecule has 14 heavy (non-hydrogen) atoms. The van der Waals surface area contributed by atoms with Gasteiger partial charge in [-0.25, -0.2) is 0 Å². The molecule has 1 aromatic carbocycles. The first-order chi connectivity index (χ1) is 6.66. The number of H-pyrrole nitrogens is 1. The van der Waals surface area contributed by atoms with Crippen LogP contribution in [0.1, 0.15) is 0 Å². The third-order valence-corrected chi connectivity index (χ3v) is 2.99. The Bertz CT molecular complexity index is 467. The number of nitrogens with one attached hydrogen (secondary N) is 1. The van der Waals surface area contributed by atoms with Crippen molar-refractivity contribution in [3.05, 3.63) is 32.9 Å². The van der Waals surface area contributed by atoms with E-state index < -0.39 is 0 Å². The molecule has 2 aromatic rings. The molecule has 2 rings (SSSR count). The van der Waals surface area contributed by atoms with Crippen molar-refractivity contribution in [2.24, 2.45) is 0 Å². The molecule has 5 heteroatoms. The van der Waals surface area contributed by atoms with Crippen molar-refractivity contribution in [3.8, 4) is 11.3 Å². The van der Waals surface area contributed by atoms with Gasteiger partial charge in [0.25, 0.3) is 0 Å². The Hall–Kier alpha value is -0.750. The SMILES string of the molecule is Nc1cc(-c2cc(Cl)ccc2I)[nH]n1. The first-order valence-electron chi connectivity index (χ1n) is 3.93. The third-order valence-electron chi connectivity index (χ3n) is 1.82. The molecule has 0 amide bonds. The summed E-state index contributed by atoms with van der Waals surface area (Å²) in [6.45, 7) is 0. The maximum atomic E-state index is 5.90. The minimum absolute atomic E-state index is 0.482. The third kappa shape index (κ3) is 1.85. The molecule has 0 saturated heterocycles. The Morgan fingerprint density at radius 3 is 2.79 bits per heavy atom. The number of aromatic amines is 1. The molecule has 0 radical (unpaired) electrons. The van der Waals surface area contributed by atoms with E-state index in [2.05, 4.69) is 32.8 Å². The fourth-order valence-corrected chi connectivity index (χ4v) is 1.98. The normalized spacial score (nSPS) is 10.4. The molecule has 0 aliphatic heterocycles. The van der Waals surface area contributed by atoms with E-state index in [1.54, 1.807) is 6.07 Å². The van der Waals surface area contributed by atoms with Gasteiger partial charge < -0.3 is 5.73 Å². The number of nitrogen functional groups attached to an aromatic ring is 1. The molecule has 1 heterocycles. The summed E-state index contributed by atoms with van der Waals surface area (Å²) in [6, 6.07) is 7.48. The van der Waals surface area contributed by atoms with Crippen molar-refractivity contribution in [1.29, 1.82) is 0 Å². The molecule has 0 unspecified atom stereocenters. The van der Waals surface area contributed by atoms with Crippen LogP contribution in [-0.4, -0.2) is 10.2 Å². The highest BCUT2D eigenvalue weighted by Gasteiger charge is 2.06. The lowest BCUT2D eigenvalue weighted by atomic mass is 10.1. The molecule has 72 valence electrons. The number of halogens is 2. The van der Waals surface area contributed by atoms with Gasteiger partial charge in [0.15, 0.2) is 0 Å². The number of benzene rings is 1. The molecule has 0 saturated carbocycles. The van der Waals surface area contributed by atoms with Crippen LogP contribution in [0, 0.1) is 3.57 Å². The topological polar surface area (TPSA) is 54.7 Å². The highest BCUT2D eigenvalue weighted by atomic mass is 127. The molecular formula is C9H7ClIN3. The highest BCUT2D eigenvalue weighted by molar-refractivity contribution is 14.1. The van der Waals surface area contributed by atoms with Gasteiger partial charge in [-0.05, 0) is 40.8 Å². The summed E-state index contributed by atoms with van der Waals surface area (Å²) in [5.41, 5.74) is 7.43. The smallest absolute Gasteiger partial charge is 0.145 e. The second-order valence-electron chi connectivity index (χ2n) is 2.83. The van der Waals surface area contributed by atoms with Gasteiger partial charge in [0, 0.05) is 20.2 Å². The summed E-state index contributed by atoms with van der Waals surface area (Å²) in [6.07, 6.45) is 0. The van der Waals surface area contributed by atoms with E-state index in [1.807, 2.05) is 18.2 Å². The number of rotatable bonds is 1. The second kappa shape index (κ2) is 3.78. The number of nitrogens with two attached hydrogens (primary N) is 1. The lowest BCUT2D eigenvalue weighted by Crippen LogP contribution is -1.82. The maximum Gasteiger partial charge on any atom is 0.145 e. The van der Waals surface area contributed by atoms with Crippen LogP contribution in [0.3, 0.4) is 0 Å². The van der Waals surface area contributed by atoms with Crippen molar-refractivity contribution < 1.29 is 0 Å². The molecule has 1 aromatic heterocycles. The average molecular weight is 320 g/mol. The van der Waals surface area contributed by atoms with E-state index >= 15 is 0 Å². The van der Waals surface area contributed by atoms with Crippen molar-refractivity contribution in [2.45, 2.75) is 0 Å². The fourth-order valence-electron chi connectivity index (χ4n) is 1.18. The van der Waals surface area contributed by atoms with E-state index in [4.69, 9.17) is 17.3 Å². The lowest BCUT2D eigenvalue weighted by Gasteiger charge is -2.01. The predicted molar refractivity (Wildman–Crippen MR) is 66.2 cm³/mol. The van der Waals surface area contributed by atoms with Crippen LogP contribution >= 0.6 is 34.2 Å². The molecule has 0 aliphatic rings.